The van der Waals surface area contributed by atoms with Gasteiger partial charge in [0.15, 0.2) is 11.4 Å². The normalized spacial score (nSPS) is 18.6. The second-order valence-corrected chi connectivity index (χ2v) is 6.66. The average Bonchev–Trinajstić information content (AvgIpc) is 3.32. The fraction of sp³-hybridized carbons (Fsp3) is 0.714. The van der Waals surface area contributed by atoms with E-state index in [1.807, 2.05) is 0 Å². The molecule has 0 amide bonds. The molecule has 4 nitrogen and oxygen atoms in total. The minimum Gasteiger partial charge on any atom is -0.378 e. The molecule has 0 unspecified atom stereocenters. The Balaban J connectivity index is 1.76. The van der Waals surface area contributed by atoms with Gasteiger partial charge in [0.05, 0.1) is 17.2 Å². The maximum atomic E-state index is 11.1. The average molecular weight is 280 g/mol. The summed E-state index contributed by atoms with van der Waals surface area (Å²) < 4.78 is 5.12. The zero-order chi connectivity index (χ0) is 13.2. The topological polar surface area (TPSA) is 42.4 Å². The van der Waals surface area contributed by atoms with Crippen molar-refractivity contribution in [3.8, 4) is 0 Å². The lowest BCUT2D eigenvalue weighted by atomic mass is 10.3. The Morgan fingerprint density at radius 2 is 1.95 bits per heavy atom. The van der Waals surface area contributed by atoms with E-state index >= 15 is 0 Å². The Labute approximate surface area is 117 Å². The van der Waals surface area contributed by atoms with E-state index in [0.717, 1.165) is 42.0 Å². The second kappa shape index (κ2) is 5.59. The van der Waals surface area contributed by atoms with Gasteiger partial charge in [-0.3, -0.25) is 4.79 Å². The molecule has 19 heavy (non-hydrogen) atoms. The fourth-order valence-electron chi connectivity index (χ4n) is 2.27. The molecule has 2 aliphatic carbocycles. The summed E-state index contributed by atoms with van der Waals surface area (Å²) in [5.41, 5.74) is 0.786. The second-order valence-electron chi connectivity index (χ2n) is 5.65. The first-order valence-electron chi connectivity index (χ1n) is 6.99. The minimum atomic E-state index is 0.422. The van der Waals surface area contributed by atoms with E-state index in [-0.39, 0.29) is 0 Å². The highest BCUT2D eigenvalue weighted by Crippen LogP contribution is 2.37. The van der Waals surface area contributed by atoms with Crippen LogP contribution in [0.3, 0.4) is 0 Å². The first-order chi connectivity index (χ1) is 9.30. The highest BCUT2D eigenvalue weighted by atomic mass is 32.1. The molecule has 1 aromatic heterocycles. The maximum Gasteiger partial charge on any atom is 0.186 e. The summed E-state index contributed by atoms with van der Waals surface area (Å²) in [5, 5.41) is 1.01. The molecule has 0 bridgehead atoms. The molecule has 0 atom stereocenters. The van der Waals surface area contributed by atoms with E-state index < -0.39 is 0 Å². The summed E-state index contributed by atoms with van der Waals surface area (Å²) in [6.07, 6.45) is 6.29. The number of methoxy groups -OCH3 is 1. The smallest absolute Gasteiger partial charge is 0.186 e. The van der Waals surface area contributed by atoms with Crippen LogP contribution in [0.5, 0.6) is 0 Å². The lowest BCUT2D eigenvalue weighted by molar-refractivity contribution is 0.112. The van der Waals surface area contributed by atoms with Crippen LogP contribution in [0.25, 0.3) is 0 Å². The van der Waals surface area contributed by atoms with Crippen LogP contribution in [0.15, 0.2) is 0 Å². The monoisotopic (exact) mass is 280 g/mol. The van der Waals surface area contributed by atoms with Gasteiger partial charge in [-0.1, -0.05) is 11.3 Å². The number of rotatable bonds is 8. The zero-order valence-electron chi connectivity index (χ0n) is 11.3. The largest absolute Gasteiger partial charge is 0.378 e. The van der Waals surface area contributed by atoms with Crippen molar-refractivity contribution in [1.82, 2.24) is 4.98 Å². The lowest BCUT2D eigenvalue weighted by Gasteiger charge is -2.21. The van der Waals surface area contributed by atoms with Crippen LogP contribution < -0.4 is 4.90 Å². The standard InChI is InChI=1S/C14H20N2O2S/c1-18-9-12-13(8-17)19-14(15-12)16(6-10-2-3-10)7-11-4-5-11/h8,10-11H,2-7,9H2,1H3. The van der Waals surface area contributed by atoms with Gasteiger partial charge in [-0.25, -0.2) is 4.98 Å². The molecular formula is C14H20N2O2S. The first kappa shape index (κ1) is 13.1. The Bertz CT molecular complexity index is 438. The molecule has 0 spiro atoms. The number of hydrogen-bond acceptors (Lipinski definition) is 5. The third kappa shape index (κ3) is 3.34. The van der Waals surface area contributed by atoms with Crippen molar-refractivity contribution >= 4 is 22.8 Å². The number of aromatic nitrogens is 1. The Morgan fingerprint density at radius 3 is 2.42 bits per heavy atom. The van der Waals surface area contributed by atoms with Crippen molar-refractivity contribution < 1.29 is 9.53 Å². The summed E-state index contributed by atoms with van der Waals surface area (Å²) in [6.45, 7) is 2.63. The van der Waals surface area contributed by atoms with E-state index in [9.17, 15) is 4.79 Å². The summed E-state index contributed by atoms with van der Waals surface area (Å²) >= 11 is 1.51. The molecular weight excluding hydrogens is 260 g/mol. The van der Waals surface area contributed by atoms with Crippen molar-refractivity contribution in [3.05, 3.63) is 10.6 Å². The molecule has 0 saturated heterocycles. The summed E-state index contributed by atoms with van der Waals surface area (Å²) in [7, 11) is 1.64. The number of nitrogens with zero attached hydrogens (tertiary/aromatic N) is 2. The predicted octanol–water partition coefficient (Wildman–Crippen LogP) is 2.73. The predicted molar refractivity (Wildman–Crippen MR) is 75.9 cm³/mol. The molecule has 104 valence electrons. The molecule has 0 N–H and O–H groups in total. The Morgan fingerprint density at radius 1 is 1.32 bits per heavy atom. The van der Waals surface area contributed by atoms with Crippen LogP contribution >= 0.6 is 11.3 Å². The number of carbonyl (C=O) groups excluding carboxylic acids is 1. The highest BCUT2D eigenvalue weighted by Gasteiger charge is 2.31. The van der Waals surface area contributed by atoms with Gasteiger partial charge >= 0.3 is 0 Å². The van der Waals surface area contributed by atoms with E-state index in [1.54, 1.807) is 7.11 Å². The number of thiazole rings is 1. The minimum absolute atomic E-state index is 0.422. The third-order valence-corrected chi connectivity index (χ3v) is 4.81. The Kier molecular flexibility index (Phi) is 3.84. The molecule has 0 radical (unpaired) electrons. The molecule has 0 aliphatic heterocycles. The van der Waals surface area contributed by atoms with Crippen molar-refractivity contribution in [2.45, 2.75) is 32.3 Å². The SMILES string of the molecule is COCc1nc(N(CC2CC2)CC2CC2)sc1C=O. The zero-order valence-corrected chi connectivity index (χ0v) is 12.1. The van der Waals surface area contributed by atoms with Crippen LogP contribution in [0.1, 0.15) is 41.0 Å². The van der Waals surface area contributed by atoms with Gasteiger partial charge in [0.25, 0.3) is 0 Å². The summed E-state index contributed by atoms with van der Waals surface area (Å²) in [6, 6.07) is 0. The van der Waals surface area contributed by atoms with Crippen LogP contribution in [0.2, 0.25) is 0 Å². The number of ether oxygens (including phenoxy) is 1. The molecule has 1 heterocycles. The Hall–Kier alpha value is -0.940. The van der Waals surface area contributed by atoms with E-state index in [4.69, 9.17) is 4.74 Å². The molecule has 1 aromatic rings. The van der Waals surface area contributed by atoms with Crippen LogP contribution in [0.4, 0.5) is 5.13 Å². The molecule has 2 saturated carbocycles. The van der Waals surface area contributed by atoms with Gasteiger partial charge in [-0.15, -0.1) is 0 Å². The number of anilines is 1. The van der Waals surface area contributed by atoms with Crippen molar-refractivity contribution in [3.63, 3.8) is 0 Å². The van der Waals surface area contributed by atoms with Crippen molar-refractivity contribution in [2.75, 3.05) is 25.1 Å². The molecule has 0 aromatic carbocycles. The van der Waals surface area contributed by atoms with Crippen LogP contribution in [-0.4, -0.2) is 31.5 Å². The van der Waals surface area contributed by atoms with Crippen molar-refractivity contribution in [1.29, 1.82) is 0 Å². The number of carbonyl (C=O) groups is 1. The summed E-state index contributed by atoms with van der Waals surface area (Å²) in [5.74, 6) is 1.68. The molecule has 3 rings (SSSR count). The van der Waals surface area contributed by atoms with Gasteiger partial charge in [0.2, 0.25) is 0 Å². The van der Waals surface area contributed by atoms with Gasteiger partial charge in [-0.05, 0) is 37.5 Å². The third-order valence-electron chi connectivity index (χ3n) is 3.73. The maximum absolute atomic E-state index is 11.1. The van der Waals surface area contributed by atoms with Crippen LogP contribution in [-0.2, 0) is 11.3 Å². The fourth-order valence-corrected chi connectivity index (χ4v) is 3.17. The first-order valence-corrected chi connectivity index (χ1v) is 7.80. The van der Waals surface area contributed by atoms with Crippen LogP contribution in [0, 0.1) is 11.8 Å². The lowest BCUT2D eigenvalue weighted by Crippen LogP contribution is -2.27. The number of aldehydes is 1. The van der Waals surface area contributed by atoms with Crippen molar-refractivity contribution in [2.24, 2.45) is 11.8 Å². The van der Waals surface area contributed by atoms with E-state index in [0.29, 0.717) is 11.5 Å². The van der Waals surface area contributed by atoms with E-state index in [1.165, 1.54) is 37.0 Å². The van der Waals surface area contributed by atoms with E-state index in [2.05, 4.69) is 9.88 Å². The van der Waals surface area contributed by atoms with Gasteiger partial charge in [0.1, 0.15) is 0 Å². The molecule has 2 fully saturated rings. The van der Waals surface area contributed by atoms with Gasteiger partial charge in [-0.2, -0.15) is 0 Å². The number of hydrogen-bond donors (Lipinski definition) is 0. The quantitative estimate of drug-likeness (QED) is 0.687. The summed E-state index contributed by atoms with van der Waals surface area (Å²) in [4.78, 5) is 18.8. The van der Waals surface area contributed by atoms with Gasteiger partial charge < -0.3 is 9.64 Å². The molecule has 5 heteroatoms. The highest BCUT2D eigenvalue weighted by molar-refractivity contribution is 7.17. The van der Waals surface area contributed by atoms with Gasteiger partial charge in [0, 0.05) is 20.2 Å². The molecule has 2 aliphatic rings.